The first-order chi connectivity index (χ1) is 14.3. The fourth-order valence-electron chi connectivity index (χ4n) is 3.67. The van der Waals surface area contributed by atoms with E-state index in [4.69, 9.17) is 4.74 Å². The lowest BCUT2D eigenvalue weighted by Gasteiger charge is -2.39. The molecule has 1 unspecified atom stereocenters. The molecule has 1 atom stereocenters. The monoisotopic (exact) mass is 543 g/mol. The number of guanidine groups is 1. The maximum absolute atomic E-state index is 12.7. The molecule has 2 heterocycles. The summed E-state index contributed by atoms with van der Waals surface area (Å²) >= 11 is 0. The van der Waals surface area contributed by atoms with Crippen molar-refractivity contribution in [1.82, 2.24) is 20.0 Å². The third-order valence-corrected chi connectivity index (χ3v) is 5.21. The van der Waals surface area contributed by atoms with E-state index < -0.39 is 5.60 Å². The highest BCUT2D eigenvalue weighted by atomic mass is 127. The number of likely N-dealkylation sites (N-methyl/N-ethyl adjacent to an activating group) is 1. The van der Waals surface area contributed by atoms with E-state index in [-0.39, 0.29) is 48.6 Å². The smallest absolute Gasteiger partial charge is 0.410 e. The molecule has 1 aromatic rings. The Balaban J connectivity index is 0.00000341. The standard InChI is InChI=1S/C22H33N5O3.HI/c1-5-25(15-17-9-7-6-8-10-17)19(28)14-24-20-23-13-18-16-26(11-12-27(18)20)21(29)30-22(2,3)4;/h6-10,18H,5,11-16H2,1-4H3,(H,23,24);1H. The molecule has 31 heavy (non-hydrogen) atoms. The molecule has 0 radical (unpaired) electrons. The van der Waals surface area contributed by atoms with Crippen molar-refractivity contribution < 1.29 is 14.3 Å². The number of hydrogen-bond acceptors (Lipinski definition) is 6. The normalized spacial score (nSPS) is 17.9. The van der Waals surface area contributed by atoms with Crippen LogP contribution in [0.4, 0.5) is 4.79 Å². The van der Waals surface area contributed by atoms with Crippen molar-refractivity contribution in [2.45, 2.75) is 45.9 Å². The highest BCUT2D eigenvalue weighted by Crippen LogP contribution is 2.18. The Morgan fingerprint density at radius 3 is 2.58 bits per heavy atom. The molecule has 1 saturated heterocycles. The lowest BCUT2D eigenvalue weighted by molar-refractivity contribution is -0.130. The number of ether oxygens (including phenoxy) is 1. The Hall–Kier alpha value is -2.04. The molecule has 0 spiro atoms. The lowest BCUT2D eigenvalue weighted by atomic mass is 10.2. The first-order valence-corrected chi connectivity index (χ1v) is 10.6. The van der Waals surface area contributed by atoms with Gasteiger partial charge in [-0.2, -0.15) is 0 Å². The Kier molecular flexibility index (Phi) is 8.96. The summed E-state index contributed by atoms with van der Waals surface area (Å²) in [5.41, 5.74) is 0.613. The van der Waals surface area contributed by atoms with E-state index in [0.717, 1.165) is 11.5 Å². The molecule has 1 aromatic carbocycles. The van der Waals surface area contributed by atoms with Crippen molar-refractivity contribution >= 4 is 41.9 Å². The zero-order valence-electron chi connectivity index (χ0n) is 18.8. The zero-order valence-corrected chi connectivity index (χ0v) is 21.2. The van der Waals surface area contributed by atoms with Gasteiger partial charge in [0.1, 0.15) is 5.60 Å². The Morgan fingerprint density at radius 1 is 1.23 bits per heavy atom. The van der Waals surface area contributed by atoms with E-state index >= 15 is 0 Å². The van der Waals surface area contributed by atoms with E-state index in [9.17, 15) is 9.59 Å². The summed E-state index contributed by atoms with van der Waals surface area (Å²) in [7, 11) is 0. The number of benzene rings is 1. The summed E-state index contributed by atoms with van der Waals surface area (Å²) in [5.74, 6) is 0.785. The zero-order chi connectivity index (χ0) is 21.7. The van der Waals surface area contributed by atoms with Gasteiger partial charge in [0.15, 0.2) is 5.96 Å². The number of carbonyl (C=O) groups is 2. The molecule has 1 N–H and O–H groups in total. The van der Waals surface area contributed by atoms with Gasteiger partial charge in [-0.05, 0) is 33.3 Å². The Labute approximate surface area is 202 Å². The predicted molar refractivity (Wildman–Crippen MR) is 132 cm³/mol. The first-order valence-electron chi connectivity index (χ1n) is 10.6. The van der Waals surface area contributed by atoms with Crippen LogP contribution in [0, 0.1) is 0 Å². The molecule has 2 aliphatic heterocycles. The SMILES string of the molecule is CCN(Cc1ccccc1)C(=O)CNC1=NCC2CN(C(=O)OC(C)(C)C)CCN12.I. The largest absolute Gasteiger partial charge is 0.444 e. The van der Waals surface area contributed by atoms with Gasteiger partial charge in [-0.3, -0.25) is 9.79 Å². The molecule has 2 amide bonds. The maximum atomic E-state index is 12.7. The van der Waals surface area contributed by atoms with Gasteiger partial charge in [-0.1, -0.05) is 30.3 Å². The third-order valence-electron chi connectivity index (χ3n) is 5.21. The van der Waals surface area contributed by atoms with Crippen LogP contribution in [0.2, 0.25) is 0 Å². The number of aliphatic imine (C=N–C) groups is 1. The van der Waals surface area contributed by atoms with E-state index in [1.54, 1.807) is 4.90 Å². The quantitative estimate of drug-likeness (QED) is 0.578. The minimum absolute atomic E-state index is 0. The topological polar surface area (TPSA) is 77.5 Å². The summed E-state index contributed by atoms with van der Waals surface area (Å²) < 4.78 is 5.48. The van der Waals surface area contributed by atoms with Crippen LogP contribution in [0.3, 0.4) is 0 Å². The highest BCUT2D eigenvalue weighted by molar-refractivity contribution is 14.0. The van der Waals surface area contributed by atoms with Crippen LogP contribution in [0.1, 0.15) is 33.3 Å². The maximum Gasteiger partial charge on any atom is 0.410 e. The van der Waals surface area contributed by atoms with Crippen molar-refractivity contribution in [1.29, 1.82) is 0 Å². The minimum atomic E-state index is -0.502. The third kappa shape index (κ3) is 6.98. The number of hydrogen-bond donors (Lipinski definition) is 1. The number of nitrogens with one attached hydrogen (secondary N) is 1. The van der Waals surface area contributed by atoms with Crippen molar-refractivity contribution in [3.8, 4) is 0 Å². The second kappa shape index (κ2) is 11.0. The number of rotatable bonds is 5. The number of fused-ring (bicyclic) bond motifs is 1. The molecule has 3 rings (SSSR count). The van der Waals surface area contributed by atoms with Crippen LogP contribution in [0.5, 0.6) is 0 Å². The summed E-state index contributed by atoms with van der Waals surface area (Å²) in [6.07, 6.45) is -0.279. The van der Waals surface area contributed by atoms with Crippen molar-refractivity contribution in [2.24, 2.45) is 4.99 Å². The number of piperazine rings is 1. The summed E-state index contributed by atoms with van der Waals surface area (Å²) in [5, 5.41) is 3.21. The lowest BCUT2D eigenvalue weighted by Crippen LogP contribution is -2.58. The molecule has 2 aliphatic rings. The van der Waals surface area contributed by atoms with Crippen molar-refractivity contribution in [3.05, 3.63) is 35.9 Å². The van der Waals surface area contributed by atoms with Gasteiger partial charge in [0.25, 0.3) is 0 Å². The van der Waals surface area contributed by atoms with Gasteiger partial charge in [0, 0.05) is 32.7 Å². The molecular formula is C22H34IN5O3. The second-order valence-electron chi connectivity index (χ2n) is 8.68. The fourth-order valence-corrected chi connectivity index (χ4v) is 3.67. The van der Waals surface area contributed by atoms with Gasteiger partial charge in [-0.15, -0.1) is 24.0 Å². The van der Waals surface area contributed by atoms with E-state index in [1.807, 2.05) is 62.9 Å². The number of nitrogens with zero attached hydrogens (tertiary/aromatic N) is 4. The van der Waals surface area contributed by atoms with Gasteiger partial charge < -0.3 is 24.8 Å². The molecule has 0 bridgehead atoms. The van der Waals surface area contributed by atoms with Gasteiger partial charge in [0.2, 0.25) is 5.91 Å². The fraction of sp³-hybridized carbons (Fsp3) is 0.591. The summed E-state index contributed by atoms with van der Waals surface area (Å²) in [4.78, 5) is 35.3. The molecule has 172 valence electrons. The van der Waals surface area contributed by atoms with Gasteiger partial charge >= 0.3 is 6.09 Å². The molecule has 0 aliphatic carbocycles. The highest BCUT2D eigenvalue weighted by Gasteiger charge is 2.36. The van der Waals surface area contributed by atoms with Crippen LogP contribution in [-0.4, -0.2) is 83.6 Å². The summed E-state index contributed by atoms with van der Waals surface area (Å²) in [6.45, 7) is 11.5. The second-order valence-corrected chi connectivity index (χ2v) is 8.68. The van der Waals surface area contributed by atoms with Gasteiger partial charge in [0.05, 0.1) is 19.1 Å². The number of amides is 2. The van der Waals surface area contributed by atoms with Crippen LogP contribution >= 0.6 is 24.0 Å². The Morgan fingerprint density at radius 2 is 1.94 bits per heavy atom. The van der Waals surface area contributed by atoms with Crippen LogP contribution in [0.25, 0.3) is 0 Å². The molecule has 8 nitrogen and oxygen atoms in total. The van der Waals surface area contributed by atoms with Crippen molar-refractivity contribution in [2.75, 3.05) is 39.3 Å². The van der Waals surface area contributed by atoms with Crippen LogP contribution in [-0.2, 0) is 16.1 Å². The average Bonchev–Trinajstić information content (AvgIpc) is 3.12. The molecule has 0 saturated carbocycles. The van der Waals surface area contributed by atoms with E-state index in [2.05, 4.69) is 15.2 Å². The first kappa shape index (κ1) is 25.2. The van der Waals surface area contributed by atoms with Crippen LogP contribution < -0.4 is 5.32 Å². The van der Waals surface area contributed by atoms with E-state index in [0.29, 0.717) is 39.3 Å². The van der Waals surface area contributed by atoms with Gasteiger partial charge in [-0.25, -0.2) is 4.79 Å². The average molecular weight is 543 g/mol. The Bertz CT molecular complexity index is 781. The molecule has 9 heteroatoms. The molecular weight excluding hydrogens is 509 g/mol. The van der Waals surface area contributed by atoms with Crippen LogP contribution in [0.15, 0.2) is 35.3 Å². The predicted octanol–water partition coefficient (Wildman–Crippen LogP) is 2.53. The van der Waals surface area contributed by atoms with E-state index in [1.165, 1.54) is 0 Å². The minimum Gasteiger partial charge on any atom is -0.444 e. The summed E-state index contributed by atoms with van der Waals surface area (Å²) in [6, 6.07) is 10.1. The van der Waals surface area contributed by atoms with Crippen molar-refractivity contribution in [3.63, 3.8) is 0 Å². The molecule has 0 aromatic heterocycles. The number of halogens is 1. The molecule has 1 fully saturated rings. The number of carbonyl (C=O) groups excluding carboxylic acids is 2.